The van der Waals surface area contributed by atoms with Gasteiger partial charge in [0.2, 0.25) is 10.0 Å². The van der Waals surface area contributed by atoms with E-state index in [0.717, 1.165) is 11.1 Å². The van der Waals surface area contributed by atoms with E-state index in [2.05, 4.69) is 4.72 Å². The molecule has 1 aromatic carbocycles. The Bertz CT molecular complexity index is 711. The molecule has 0 saturated carbocycles. The average Bonchev–Trinajstić information content (AvgIpc) is 3.02. The fourth-order valence-corrected chi connectivity index (χ4v) is 4.04. The maximum Gasteiger partial charge on any atom is 0.244 e. The van der Waals surface area contributed by atoms with Crippen molar-refractivity contribution in [2.45, 2.75) is 17.9 Å². The maximum absolute atomic E-state index is 12.5. The number of aryl methyl sites for hydroxylation is 1. The van der Waals surface area contributed by atoms with Gasteiger partial charge in [-0.3, -0.25) is 0 Å². The van der Waals surface area contributed by atoms with Gasteiger partial charge in [0.1, 0.15) is 10.6 Å². The van der Waals surface area contributed by atoms with Crippen LogP contribution < -0.4 is 9.46 Å². The minimum absolute atomic E-state index is 0.134. The third-order valence-corrected chi connectivity index (χ3v) is 5.41. The molecule has 22 heavy (non-hydrogen) atoms. The Morgan fingerprint density at radius 3 is 2.64 bits per heavy atom. The number of rotatable bonds is 7. The minimum Gasteiger partial charge on any atom is -0.495 e. The number of benzene rings is 1. The minimum atomic E-state index is -3.67. The summed E-state index contributed by atoms with van der Waals surface area (Å²) in [7, 11) is -0.663. The molecule has 0 spiro atoms. The van der Waals surface area contributed by atoms with Gasteiger partial charge in [0.25, 0.3) is 0 Å². The molecule has 1 heterocycles. The van der Waals surface area contributed by atoms with Crippen LogP contribution in [0.25, 0.3) is 0 Å². The van der Waals surface area contributed by atoms with Crippen molar-refractivity contribution in [3.63, 3.8) is 0 Å². The zero-order valence-electron chi connectivity index (χ0n) is 12.7. The Balaban J connectivity index is 2.19. The van der Waals surface area contributed by atoms with Gasteiger partial charge in [0.15, 0.2) is 0 Å². The van der Waals surface area contributed by atoms with E-state index in [0.29, 0.717) is 5.75 Å². The summed E-state index contributed by atoms with van der Waals surface area (Å²) in [6.45, 7) is 1.99. The van der Waals surface area contributed by atoms with Crippen molar-refractivity contribution in [1.29, 1.82) is 0 Å². The summed E-state index contributed by atoms with van der Waals surface area (Å²) < 4.78 is 38.1. The van der Waals surface area contributed by atoms with Gasteiger partial charge < -0.3 is 9.47 Å². The van der Waals surface area contributed by atoms with Crippen molar-refractivity contribution in [1.82, 2.24) is 4.72 Å². The zero-order chi connectivity index (χ0) is 16.2. The molecule has 0 radical (unpaired) electrons. The predicted molar refractivity (Wildman–Crippen MR) is 87.0 cm³/mol. The van der Waals surface area contributed by atoms with Gasteiger partial charge in [-0.05, 0) is 47.0 Å². The summed E-state index contributed by atoms with van der Waals surface area (Å²) in [5.74, 6) is 0.322. The fourth-order valence-electron chi connectivity index (χ4n) is 2.05. The lowest BCUT2D eigenvalue weighted by Crippen LogP contribution is -2.29. The summed E-state index contributed by atoms with van der Waals surface area (Å²) in [5, 5.41) is 3.87. The average molecular weight is 341 g/mol. The summed E-state index contributed by atoms with van der Waals surface area (Å²) in [4.78, 5) is 0.134. The van der Waals surface area contributed by atoms with E-state index < -0.39 is 10.0 Å². The van der Waals surface area contributed by atoms with Crippen molar-refractivity contribution in [3.05, 3.63) is 46.2 Å². The van der Waals surface area contributed by atoms with Crippen molar-refractivity contribution < 1.29 is 17.9 Å². The lowest BCUT2D eigenvalue weighted by molar-refractivity contribution is 0.107. The van der Waals surface area contributed by atoms with Crippen LogP contribution in [0.15, 0.2) is 39.9 Å². The van der Waals surface area contributed by atoms with Gasteiger partial charge in [-0.15, -0.1) is 0 Å². The molecule has 0 bridgehead atoms. The third kappa shape index (κ3) is 3.86. The van der Waals surface area contributed by atoms with Gasteiger partial charge in [-0.2, -0.15) is 11.3 Å². The quantitative estimate of drug-likeness (QED) is 0.841. The van der Waals surface area contributed by atoms with Gasteiger partial charge in [-0.1, -0.05) is 6.07 Å². The van der Waals surface area contributed by atoms with Gasteiger partial charge in [0, 0.05) is 13.7 Å². The number of hydrogen-bond acceptors (Lipinski definition) is 5. The second-order valence-electron chi connectivity index (χ2n) is 4.79. The highest BCUT2D eigenvalue weighted by atomic mass is 32.2. The van der Waals surface area contributed by atoms with Crippen LogP contribution in [0.4, 0.5) is 0 Å². The van der Waals surface area contributed by atoms with E-state index in [9.17, 15) is 8.42 Å². The Morgan fingerprint density at radius 2 is 2.05 bits per heavy atom. The lowest BCUT2D eigenvalue weighted by Gasteiger charge is -2.16. The van der Waals surface area contributed by atoms with Gasteiger partial charge in [-0.25, -0.2) is 13.1 Å². The van der Waals surface area contributed by atoms with Crippen molar-refractivity contribution in [3.8, 4) is 5.75 Å². The first-order chi connectivity index (χ1) is 10.5. The van der Waals surface area contributed by atoms with Crippen LogP contribution in [-0.4, -0.2) is 29.2 Å². The molecule has 7 heteroatoms. The van der Waals surface area contributed by atoms with Crippen molar-refractivity contribution in [2.24, 2.45) is 0 Å². The Hall–Kier alpha value is -1.41. The molecule has 1 unspecified atom stereocenters. The van der Waals surface area contributed by atoms with E-state index in [1.165, 1.54) is 7.11 Å². The smallest absolute Gasteiger partial charge is 0.244 e. The Kier molecular flexibility index (Phi) is 5.57. The lowest BCUT2D eigenvalue weighted by atomic mass is 10.2. The predicted octanol–water partition coefficient (Wildman–Crippen LogP) is 2.73. The van der Waals surface area contributed by atoms with Crippen LogP contribution in [0.2, 0.25) is 0 Å². The number of hydrogen-bond donors (Lipinski definition) is 1. The van der Waals surface area contributed by atoms with E-state index in [1.807, 2.05) is 23.8 Å². The number of methoxy groups -OCH3 is 2. The van der Waals surface area contributed by atoms with Crippen molar-refractivity contribution >= 4 is 21.4 Å². The highest BCUT2D eigenvalue weighted by molar-refractivity contribution is 7.89. The van der Waals surface area contributed by atoms with E-state index >= 15 is 0 Å². The molecule has 1 atom stereocenters. The molecule has 120 valence electrons. The molecule has 0 saturated heterocycles. The number of thiophene rings is 1. The van der Waals surface area contributed by atoms with Crippen LogP contribution in [0.5, 0.6) is 5.75 Å². The van der Waals surface area contributed by atoms with Gasteiger partial charge in [0.05, 0.1) is 13.2 Å². The second-order valence-corrected chi connectivity index (χ2v) is 7.30. The van der Waals surface area contributed by atoms with E-state index in [4.69, 9.17) is 9.47 Å². The SMILES string of the molecule is COc1ccc(C)cc1S(=O)(=O)NCC(OC)c1ccsc1. The molecule has 0 fully saturated rings. The summed E-state index contributed by atoms with van der Waals surface area (Å²) in [5.41, 5.74) is 1.80. The molecule has 1 aromatic heterocycles. The standard InChI is InChI=1S/C15H19NO4S2/c1-11-4-5-13(19-2)15(8-11)22(17,18)16-9-14(20-3)12-6-7-21-10-12/h4-8,10,14,16H,9H2,1-3H3. The van der Waals surface area contributed by atoms with Crippen molar-refractivity contribution in [2.75, 3.05) is 20.8 Å². The Labute approximate surface area is 134 Å². The highest BCUT2D eigenvalue weighted by Gasteiger charge is 2.22. The molecule has 2 aromatic rings. The molecule has 0 aliphatic heterocycles. The van der Waals surface area contributed by atoms with Crippen LogP contribution in [-0.2, 0) is 14.8 Å². The fraction of sp³-hybridized carbons (Fsp3) is 0.333. The summed E-state index contributed by atoms with van der Waals surface area (Å²) >= 11 is 1.54. The molecular formula is C15H19NO4S2. The highest BCUT2D eigenvalue weighted by Crippen LogP contribution is 2.25. The summed E-state index contributed by atoms with van der Waals surface area (Å²) in [6.07, 6.45) is -0.322. The van der Waals surface area contributed by atoms with Crippen LogP contribution >= 0.6 is 11.3 Å². The molecule has 1 N–H and O–H groups in total. The Morgan fingerprint density at radius 1 is 1.27 bits per heavy atom. The monoisotopic (exact) mass is 341 g/mol. The first-order valence-corrected chi connectivity index (χ1v) is 9.09. The van der Waals surface area contributed by atoms with Crippen LogP contribution in [0.1, 0.15) is 17.2 Å². The molecule has 0 aliphatic rings. The second kappa shape index (κ2) is 7.23. The molecule has 2 rings (SSSR count). The zero-order valence-corrected chi connectivity index (χ0v) is 14.3. The maximum atomic E-state index is 12.5. The topological polar surface area (TPSA) is 64.6 Å². The van der Waals surface area contributed by atoms with Crippen LogP contribution in [0.3, 0.4) is 0 Å². The molecular weight excluding hydrogens is 322 g/mol. The third-order valence-electron chi connectivity index (χ3n) is 3.27. The van der Waals surface area contributed by atoms with E-state index in [-0.39, 0.29) is 17.5 Å². The van der Waals surface area contributed by atoms with E-state index in [1.54, 1.807) is 36.6 Å². The van der Waals surface area contributed by atoms with Gasteiger partial charge >= 0.3 is 0 Å². The molecule has 0 amide bonds. The largest absolute Gasteiger partial charge is 0.495 e. The molecule has 5 nitrogen and oxygen atoms in total. The first-order valence-electron chi connectivity index (χ1n) is 6.67. The van der Waals surface area contributed by atoms with Crippen LogP contribution in [0, 0.1) is 6.92 Å². The molecule has 0 aliphatic carbocycles. The normalized spacial score (nSPS) is 13.0. The first kappa shape index (κ1) is 17.0. The summed E-state index contributed by atoms with van der Waals surface area (Å²) in [6, 6.07) is 6.96. The number of sulfonamides is 1. The number of ether oxygens (including phenoxy) is 2. The number of nitrogens with one attached hydrogen (secondary N) is 1.